The quantitative estimate of drug-likeness (QED) is 0.887. The van der Waals surface area contributed by atoms with Crippen LogP contribution in [0.2, 0.25) is 0 Å². The van der Waals surface area contributed by atoms with Gasteiger partial charge < -0.3 is 10.6 Å². The van der Waals surface area contributed by atoms with Gasteiger partial charge in [-0.05, 0) is 24.6 Å². The van der Waals surface area contributed by atoms with Crippen LogP contribution >= 0.6 is 0 Å². The first-order chi connectivity index (χ1) is 9.97. The van der Waals surface area contributed by atoms with Gasteiger partial charge in [0, 0.05) is 31.0 Å². The Labute approximate surface area is 125 Å². The van der Waals surface area contributed by atoms with Gasteiger partial charge in [0.1, 0.15) is 0 Å². The standard InChI is InChI=1S/C16H22N4O/c1-11(2)17-9-13-5-7-14(8-6-13)19-16(21)15-10-18-20(4)12(15)3/h5-8,10-11,17H,9H2,1-4H3,(H,19,21). The van der Waals surface area contributed by atoms with Gasteiger partial charge in [-0.25, -0.2) is 0 Å². The lowest BCUT2D eigenvalue weighted by Crippen LogP contribution is -2.21. The highest BCUT2D eigenvalue weighted by Gasteiger charge is 2.12. The maximum absolute atomic E-state index is 12.2. The van der Waals surface area contributed by atoms with E-state index in [9.17, 15) is 4.79 Å². The largest absolute Gasteiger partial charge is 0.322 e. The first-order valence-electron chi connectivity index (χ1n) is 7.09. The minimum Gasteiger partial charge on any atom is -0.322 e. The molecule has 1 aromatic heterocycles. The molecule has 0 fully saturated rings. The lowest BCUT2D eigenvalue weighted by molar-refractivity contribution is 0.102. The predicted molar refractivity (Wildman–Crippen MR) is 84.3 cm³/mol. The van der Waals surface area contributed by atoms with Gasteiger partial charge in [-0.1, -0.05) is 26.0 Å². The molecule has 1 heterocycles. The fraction of sp³-hybridized carbons (Fsp3) is 0.375. The van der Waals surface area contributed by atoms with Crippen LogP contribution in [0.15, 0.2) is 30.5 Å². The Hall–Kier alpha value is -2.14. The monoisotopic (exact) mass is 286 g/mol. The molecular formula is C16H22N4O. The van der Waals surface area contributed by atoms with E-state index in [-0.39, 0.29) is 5.91 Å². The number of benzene rings is 1. The molecule has 2 N–H and O–H groups in total. The summed E-state index contributed by atoms with van der Waals surface area (Å²) in [6.45, 7) is 6.94. The summed E-state index contributed by atoms with van der Waals surface area (Å²) in [5.41, 5.74) is 3.43. The normalized spacial score (nSPS) is 10.9. The predicted octanol–water partition coefficient (Wildman–Crippen LogP) is 2.48. The number of hydrogen-bond acceptors (Lipinski definition) is 3. The van der Waals surface area contributed by atoms with Crippen molar-refractivity contribution in [1.29, 1.82) is 0 Å². The van der Waals surface area contributed by atoms with Crippen molar-refractivity contribution in [2.45, 2.75) is 33.4 Å². The van der Waals surface area contributed by atoms with E-state index in [0.717, 1.165) is 17.9 Å². The number of nitrogens with zero attached hydrogens (tertiary/aromatic N) is 2. The van der Waals surface area contributed by atoms with Gasteiger partial charge in [0.25, 0.3) is 5.91 Å². The molecule has 0 radical (unpaired) electrons. The van der Waals surface area contributed by atoms with E-state index < -0.39 is 0 Å². The fourth-order valence-corrected chi connectivity index (χ4v) is 1.95. The highest BCUT2D eigenvalue weighted by atomic mass is 16.1. The highest BCUT2D eigenvalue weighted by Crippen LogP contribution is 2.13. The number of aryl methyl sites for hydroxylation is 1. The van der Waals surface area contributed by atoms with Crippen LogP contribution in [0.3, 0.4) is 0 Å². The molecule has 21 heavy (non-hydrogen) atoms. The van der Waals surface area contributed by atoms with E-state index >= 15 is 0 Å². The van der Waals surface area contributed by atoms with Crippen molar-refractivity contribution < 1.29 is 4.79 Å². The molecule has 1 aromatic carbocycles. The molecule has 5 nitrogen and oxygen atoms in total. The molecule has 2 aromatic rings. The Balaban J connectivity index is 2.00. The van der Waals surface area contributed by atoms with Crippen LogP contribution in [0, 0.1) is 6.92 Å². The number of carbonyl (C=O) groups is 1. The molecule has 112 valence electrons. The minimum atomic E-state index is -0.131. The van der Waals surface area contributed by atoms with E-state index in [1.165, 1.54) is 5.56 Å². The van der Waals surface area contributed by atoms with Crippen LogP contribution in [0.1, 0.15) is 35.5 Å². The summed E-state index contributed by atoms with van der Waals surface area (Å²) < 4.78 is 1.69. The lowest BCUT2D eigenvalue weighted by atomic mass is 10.2. The molecule has 0 aliphatic heterocycles. The molecule has 0 aliphatic rings. The fourth-order valence-electron chi connectivity index (χ4n) is 1.95. The minimum absolute atomic E-state index is 0.131. The smallest absolute Gasteiger partial charge is 0.259 e. The third kappa shape index (κ3) is 3.92. The SMILES string of the molecule is Cc1c(C(=O)Nc2ccc(CNC(C)C)cc2)cnn1C. The molecule has 0 spiro atoms. The van der Waals surface area contributed by atoms with E-state index in [1.54, 1.807) is 10.9 Å². The zero-order valence-electron chi connectivity index (χ0n) is 13.0. The Kier molecular flexibility index (Phi) is 4.75. The maximum Gasteiger partial charge on any atom is 0.259 e. The lowest BCUT2D eigenvalue weighted by Gasteiger charge is -2.09. The number of aromatic nitrogens is 2. The number of anilines is 1. The Morgan fingerprint density at radius 2 is 1.95 bits per heavy atom. The molecule has 0 aliphatic carbocycles. The average molecular weight is 286 g/mol. The van der Waals surface area contributed by atoms with Gasteiger partial charge in [-0.15, -0.1) is 0 Å². The summed E-state index contributed by atoms with van der Waals surface area (Å²) >= 11 is 0. The Morgan fingerprint density at radius 1 is 1.29 bits per heavy atom. The molecule has 0 saturated carbocycles. The van der Waals surface area contributed by atoms with Gasteiger partial charge in [-0.2, -0.15) is 5.10 Å². The van der Waals surface area contributed by atoms with Crippen molar-refractivity contribution in [3.05, 3.63) is 47.3 Å². The second kappa shape index (κ2) is 6.54. The van der Waals surface area contributed by atoms with Crippen LogP contribution in [-0.4, -0.2) is 21.7 Å². The summed E-state index contributed by atoms with van der Waals surface area (Å²) in [7, 11) is 1.82. The van der Waals surface area contributed by atoms with Crippen molar-refractivity contribution in [2.24, 2.45) is 7.05 Å². The molecule has 0 atom stereocenters. The third-order valence-corrected chi connectivity index (χ3v) is 3.41. The number of amides is 1. The van der Waals surface area contributed by atoms with Gasteiger partial charge in [-0.3, -0.25) is 9.48 Å². The second-order valence-corrected chi connectivity index (χ2v) is 5.45. The Bertz CT molecular complexity index is 614. The number of carbonyl (C=O) groups excluding carboxylic acids is 1. The zero-order valence-corrected chi connectivity index (χ0v) is 13.0. The van der Waals surface area contributed by atoms with Crippen molar-refractivity contribution in [3.63, 3.8) is 0 Å². The van der Waals surface area contributed by atoms with Crippen molar-refractivity contribution in [3.8, 4) is 0 Å². The highest BCUT2D eigenvalue weighted by molar-refractivity contribution is 6.04. The van der Waals surface area contributed by atoms with Crippen LogP contribution in [0.4, 0.5) is 5.69 Å². The molecule has 2 rings (SSSR count). The summed E-state index contributed by atoms with van der Waals surface area (Å²) in [6.07, 6.45) is 1.59. The van der Waals surface area contributed by atoms with E-state index in [0.29, 0.717) is 11.6 Å². The Morgan fingerprint density at radius 3 is 2.48 bits per heavy atom. The van der Waals surface area contributed by atoms with Gasteiger partial charge in [0.2, 0.25) is 0 Å². The number of hydrogen-bond donors (Lipinski definition) is 2. The van der Waals surface area contributed by atoms with E-state index in [4.69, 9.17) is 0 Å². The molecule has 0 unspecified atom stereocenters. The zero-order chi connectivity index (χ0) is 15.4. The second-order valence-electron chi connectivity index (χ2n) is 5.45. The van der Waals surface area contributed by atoms with E-state index in [1.807, 2.05) is 38.2 Å². The first-order valence-corrected chi connectivity index (χ1v) is 7.09. The molecule has 0 bridgehead atoms. The number of nitrogens with one attached hydrogen (secondary N) is 2. The van der Waals surface area contributed by atoms with Crippen LogP contribution in [-0.2, 0) is 13.6 Å². The van der Waals surface area contributed by atoms with E-state index in [2.05, 4.69) is 29.6 Å². The molecular weight excluding hydrogens is 264 g/mol. The maximum atomic E-state index is 12.2. The molecule has 5 heteroatoms. The summed E-state index contributed by atoms with van der Waals surface area (Å²) in [5.74, 6) is -0.131. The van der Waals surface area contributed by atoms with Crippen LogP contribution < -0.4 is 10.6 Å². The van der Waals surface area contributed by atoms with Crippen LogP contribution in [0.5, 0.6) is 0 Å². The average Bonchev–Trinajstić information content (AvgIpc) is 2.78. The van der Waals surface area contributed by atoms with Gasteiger partial charge >= 0.3 is 0 Å². The molecule has 0 saturated heterocycles. The van der Waals surface area contributed by atoms with Gasteiger partial charge in [0.05, 0.1) is 11.8 Å². The molecule has 1 amide bonds. The summed E-state index contributed by atoms with van der Waals surface area (Å²) in [5, 5.41) is 10.3. The van der Waals surface area contributed by atoms with Crippen molar-refractivity contribution in [2.75, 3.05) is 5.32 Å². The topological polar surface area (TPSA) is 59.0 Å². The van der Waals surface area contributed by atoms with Gasteiger partial charge in [0.15, 0.2) is 0 Å². The number of rotatable bonds is 5. The van der Waals surface area contributed by atoms with Crippen molar-refractivity contribution in [1.82, 2.24) is 15.1 Å². The van der Waals surface area contributed by atoms with Crippen LogP contribution in [0.25, 0.3) is 0 Å². The summed E-state index contributed by atoms with van der Waals surface area (Å²) in [6, 6.07) is 8.32. The third-order valence-electron chi connectivity index (χ3n) is 3.41. The van der Waals surface area contributed by atoms with Crippen molar-refractivity contribution >= 4 is 11.6 Å². The first kappa shape index (κ1) is 15.3. The summed E-state index contributed by atoms with van der Waals surface area (Å²) in [4.78, 5) is 12.2.